The molecular weight excluding hydrogens is 412 g/mol. The standard InChI is InChI=1S/C33H66O/c1-5-9-13-17-23-31(24-18-14-10-6-2)27-21-29-33(34)30-22-28-32(25-19-15-11-7-3)26-20-16-12-8-4/h31-32H,5-30H2,1-4H3. The largest absolute Gasteiger partial charge is 0.300 e. The average molecular weight is 479 g/mol. The van der Waals surface area contributed by atoms with E-state index in [1.165, 1.54) is 141 Å². The van der Waals surface area contributed by atoms with E-state index in [0.29, 0.717) is 5.78 Å². The molecule has 0 aliphatic heterocycles. The first kappa shape index (κ1) is 33.7. The molecule has 0 bridgehead atoms. The van der Waals surface area contributed by atoms with Crippen molar-refractivity contribution in [1.29, 1.82) is 0 Å². The molecule has 0 saturated heterocycles. The van der Waals surface area contributed by atoms with E-state index in [2.05, 4.69) is 27.7 Å². The summed E-state index contributed by atoms with van der Waals surface area (Å²) >= 11 is 0. The lowest BCUT2D eigenvalue weighted by atomic mass is 9.88. The Kier molecular flexibility index (Phi) is 27.0. The molecule has 1 heteroatoms. The van der Waals surface area contributed by atoms with Crippen LogP contribution in [0.3, 0.4) is 0 Å². The molecule has 0 aromatic carbocycles. The Morgan fingerprint density at radius 3 is 0.912 bits per heavy atom. The van der Waals surface area contributed by atoms with Crippen molar-refractivity contribution < 1.29 is 4.79 Å². The molecule has 0 spiro atoms. The van der Waals surface area contributed by atoms with Gasteiger partial charge in [-0.05, 0) is 24.7 Å². The highest BCUT2D eigenvalue weighted by molar-refractivity contribution is 5.78. The number of Topliss-reactive ketones (excluding diaryl/α,β-unsaturated/α-hetero) is 1. The van der Waals surface area contributed by atoms with Crippen LogP contribution in [0.25, 0.3) is 0 Å². The molecule has 0 heterocycles. The number of rotatable bonds is 28. The van der Waals surface area contributed by atoms with Crippen LogP contribution in [0.15, 0.2) is 0 Å². The molecule has 0 amide bonds. The fourth-order valence-corrected chi connectivity index (χ4v) is 5.61. The number of hydrogen-bond acceptors (Lipinski definition) is 1. The number of carbonyl (C=O) groups is 1. The Hall–Kier alpha value is -0.330. The molecule has 204 valence electrons. The van der Waals surface area contributed by atoms with Crippen LogP contribution in [0.2, 0.25) is 0 Å². The number of ketones is 1. The van der Waals surface area contributed by atoms with Gasteiger partial charge in [0.2, 0.25) is 0 Å². The highest BCUT2D eigenvalue weighted by Crippen LogP contribution is 2.26. The third-order valence-electron chi connectivity index (χ3n) is 8.00. The maximum absolute atomic E-state index is 12.6. The van der Waals surface area contributed by atoms with Crippen LogP contribution in [-0.4, -0.2) is 5.78 Å². The molecule has 0 aromatic heterocycles. The van der Waals surface area contributed by atoms with Crippen LogP contribution in [0.4, 0.5) is 0 Å². The van der Waals surface area contributed by atoms with Crippen molar-refractivity contribution in [1.82, 2.24) is 0 Å². The summed E-state index contributed by atoms with van der Waals surface area (Å²) in [5, 5.41) is 0. The van der Waals surface area contributed by atoms with Gasteiger partial charge in [0.25, 0.3) is 0 Å². The van der Waals surface area contributed by atoms with Crippen LogP contribution in [0, 0.1) is 11.8 Å². The van der Waals surface area contributed by atoms with Crippen molar-refractivity contribution in [3.63, 3.8) is 0 Å². The topological polar surface area (TPSA) is 17.1 Å². The molecule has 0 aliphatic rings. The Bertz CT molecular complexity index is 341. The quantitative estimate of drug-likeness (QED) is 0.102. The van der Waals surface area contributed by atoms with Gasteiger partial charge in [-0.25, -0.2) is 0 Å². The summed E-state index contributed by atoms with van der Waals surface area (Å²) < 4.78 is 0. The van der Waals surface area contributed by atoms with Gasteiger partial charge in [-0.2, -0.15) is 0 Å². The van der Waals surface area contributed by atoms with Crippen molar-refractivity contribution in [2.24, 2.45) is 11.8 Å². The molecule has 0 aromatic rings. The lowest BCUT2D eigenvalue weighted by Crippen LogP contribution is -2.06. The smallest absolute Gasteiger partial charge is 0.132 e. The van der Waals surface area contributed by atoms with E-state index in [9.17, 15) is 4.79 Å². The maximum atomic E-state index is 12.6. The zero-order valence-electron chi connectivity index (χ0n) is 24.4. The second-order valence-electron chi connectivity index (χ2n) is 11.5. The minimum atomic E-state index is 0.548. The van der Waals surface area contributed by atoms with Crippen LogP contribution in [0.5, 0.6) is 0 Å². The van der Waals surface area contributed by atoms with Gasteiger partial charge in [0.05, 0.1) is 0 Å². The molecule has 0 unspecified atom stereocenters. The van der Waals surface area contributed by atoms with Gasteiger partial charge >= 0.3 is 0 Å². The van der Waals surface area contributed by atoms with Gasteiger partial charge in [0, 0.05) is 12.8 Å². The molecule has 0 N–H and O–H groups in total. The number of unbranched alkanes of at least 4 members (excludes halogenated alkanes) is 12. The SMILES string of the molecule is CCCCCCC(CCCCCC)CCCC(=O)CCCC(CCCCCC)CCCCCC. The van der Waals surface area contributed by atoms with Crippen molar-refractivity contribution in [2.45, 2.75) is 195 Å². The Balaban J connectivity index is 4.18. The molecule has 0 aliphatic carbocycles. The number of hydrogen-bond donors (Lipinski definition) is 0. The summed E-state index contributed by atoms with van der Waals surface area (Å²) in [7, 11) is 0. The van der Waals surface area contributed by atoms with E-state index in [1.54, 1.807) is 0 Å². The normalized spacial score (nSPS) is 11.7. The summed E-state index contributed by atoms with van der Waals surface area (Å²) in [5.41, 5.74) is 0. The molecule has 0 rings (SSSR count). The highest BCUT2D eigenvalue weighted by atomic mass is 16.1. The monoisotopic (exact) mass is 479 g/mol. The summed E-state index contributed by atoms with van der Waals surface area (Å²) in [6.45, 7) is 9.20. The van der Waals surface area contributed by atoms with E-state index in [0.717, 1.165) is 37.5 Å². The molecule has 0 radical (unpaired) electrons. The first-order valence-corrected chi connectivity index (χ1v) is 16.2. The van der Waals surface area contributed by atoms with Gasteiger partial charge in [0.15, 0.2) is 0 Å². The average Bonchev–Trinajstić information content (AvgIpc) is 2.84. The van der Waals surface area contributed by atoms with Gasteiger partial charge in [0.1, 0.15) is 5.78 Å². The van der Waals surface area contributed by atoms with E-state index in [4.69, 9.17) is 0 Å². The van der Waals surface area contributed by atoms with Gasteiger partial charge in [-0.1, -0.05) is 169 Å². The van der Waals surface area contributed by atoms with Crippen LogP contribution >= 0.6 is 0 Å². The van der Waals surface area contributed by atoms with Gasteiger partial charge < -0.3 is 0 Å². The zero-order valence-corrected chi connectivity index (χ0v) is 24.4. The molecule has 34 heavy (non-hydrogen) atoms. The fourth-order valence-electron chi connectivity index (χ4n) is 5.61. The van der Waals surface area contributed by atoms with Gasteiger partial charge in [-0.15, -0.1) is 0 Å². The third-order valence-corrected chi connectivity index (χ3v) is 8.00. The molecular formula is C33H66O. The Labute approximate surface area is 217 Å². The minimum absolute atomic E-state index is 0.548. The predicted molar refractivity (Wildman–Crippen MR) is 155 cm³/mol. The van der Waals surface area contributed by atoms with E-state index in [1.807, 2.05) is 0 Å². The van der Waals surface area contributed by atoms with Crippen molar-refractivity contribution in [3.05, 3.63) is 0 Å². The van der Waals surface area contributed by atoms with Crippen molar-refractivity contribution in [3.8, 4) is 0 Å². The highest BCUT2D eigenvalue weighted by Gasteiger charge is 2.12. The maximum Gasteiger partial charge on any atom is 0.132 e. The summed E-state index contributed by atoms with van der Waals surface area (Å²) in [4.78, 5) is 12.6. The summed E-state index contributed by atoms with van der Waals surface area (Å²) in [6, 6.07) is 0. The van der Waals surface area contributed by atoms with Crippen LogP contribution in [0.1, 0.15) is 195 Å². The summed E-state index contributed by atoms with van der Waals surface area (Å²) in [6.07, 6.45) is 34.2. The Morgan fingerprint density at radius 1 is 0.382 bits per heavy atom. The third kappa shape index (κ3) is 23.4. The summed E-state index contributed by atoms with van der Waals surface area (Å²) in [5.74, 6) is 2.29. The second kappa shape index (κ2) is 27.3. The fraction of sp³-hybridized carbons (Fsp3) is 0.970. The van der Waals surface area contributed by atoms with Crippen LogP contribution in [-0.2, 0) is 4.79 Å². The van der Waals surface area contributed by atoms with Gasteiger partial charge in [-0.3, -0.25) is 4.79 Å². The van der Waals surface area contributed by atoms with Crippen LogP contribution < -0.4 is 0 Å². The van der Waals surface area contributed by atoms with E-state index in [-0.39, 0.29) is 0 Å². The minimum Gasteiger partial charge on any atom is -0.300 e. The molecule has 0 atom stereocenters. The van der Waals surface area contributed by atoms with E-state index >= 15 is 0 Å². The first-order chi connectivity index (χ1) is 16.7. The lowest BCUT2D eigenvalue weighted by Gasteiger charge is -2.18. The Morgan fingerprint density at radius 2 is 0.647 bits per heavy atom. The first-order valence-electron chi connectivity index (χ1n) is 16.2. The molecule has 0 saturated carbocycles. The second-order valence-corrected chi connectivity index (χ2v) is 11.5. The molecule has 1 nitrogen and oxygen atoms in total. The van der Waals surface area contributed by atoms with Crippen molar-refractivity contribution in [2.75, 3.05) is 0 Å². The lowest BCUT2D eigenvalue weighted by molar-refractivity contribution is -0.119. The van der Waals surface area contributed by atoms with Crippen molar-refractivity contribution >= 4 is 5.78 Å². The predicted octanol–water partition coefficient (Wildman–Crippen LogP) is 12.0. The van der Waals surface area contributed by atoms with E-state index < -0.39 is 0 Å². The molecule has 0 fully saturated rings. The zero-order chi connectivity index (χ0) is 25.1. The number of carbonyl (C=O) groups excluding carboxylic acids is 1.